The summed E-state index contributed by atoms with van der Waals surface area (Å²) in [5, 5.41) is 10.9. The fourth-order valence-corrected chi connectivity index (χ4v) is 7.10. The first-order chi connectivity index (χ1) is 21.7. The topological polar surface area (TPSA) is 20.2 Å². The van der Waals surface area contributed by atoms with Gasteiger partial charge in [0.25, 0.3) is 0 Å². The molecule has 1 heteroatoms. The average molecular weight is 623 g/mol. The number of hydrogen-bond acceptors (Lipinski definition) is 1. The third-order valence-electron chi connectivity index (χ3n) is 10.0. The van der Waals surface area contributed by atoms with E-state index in [4.69, 9.17) is 0 Å². The van der Waals surface area contributed by atoms with Crippen molar-refractivity contribution in [3.63, 3.8) is 0 Å². The first-order valence-corrected chi connectivity index (χ1v) is 17.9. The second-order valence-corrected chi connectivity index (χ2v) is 15.1. The minimum Gasteiger partial charge on any atom is -0.392 e. The van der Waals surface area contributed by atoms with Crippen LogP contribution >= 0.6 is 0 Å². The molecule has 0 aromatic rings. The van der Waals surface area contributed by atoms with E-state index in [2.05, 4.69) is 161 Å². The third-order valence-corrected chi connectivity index (χ3v) is 10.0. The Kier molecular flexibility index (Phi) is 16.3. The molecule has 0 spiro atoms. The van der Waals surface area contributed by atoms with Gasteiger partial charge in [-0.25, -0.2) is 0 Å². The van der Waals surface area contributed by atoms with E-state index in [1.54, 1.807) is 5.57 Å². The molecule has 46 heavy (non-hydrogen) atoms. The van der Waals surface area contributed by atoms with Gasteiger partial charge in [-0.15, -0.1) is 0 Å². The van der Waals surface area contributed by atoms with Gasteiger partial charge in [0.15, 0.2) is 0 Å². The molecule has 2 aliphatic rings. The molecule has 2 rings (SSSR count). The molecule has 0 saturated heterocycles. The molecule has 0 aromatic carbocycles. The fourth-order valence-electron chi connectivity index (χ4n) is 7.10. The number of aliphatic hydroxyl groups excluding tert-OH is 1. The summed E-state index contributed by atoms with van der Waals surface area (Å²) in [6, 6.07) is 0. The molecule has 0 saturated carbocycles. The fraction of sp³-hybridized carbons (Fsp3) is 0.511. The molecule has 0 radical (unpaired) electrons. The Morgan fingerprint density at radius 1 is 0.696 bits per heavy atom. The van der Waals surface area contributed by atoms with Gasteiger partial charge in [0.2, 0.25) is 0 Å². The molecule has 0 bridgehead atoms. The Morgan fingerprint density at radius 3 is 1.72 bits per heavy atom. The van der Waals surface area contributed by atoms with Crippen LogP contribution in [-0.2, 0) is 0 Å². The van der Waals surface area contributed by atoms with Crippen LogP contribution in [0.3, 0.4) is 0 Å². The molecule has 2 unspecified atom stereocenters. The smallest absolute Gasteiger partial charge is 0.0613 e. The van der Waals surface area contributed by atoms with Gasteiger partial charge in [0.05, 0.1) is 6.10 Å². The first kappa shape index (κ1) is 39.3. The van der Waals surface area contributed by atoms with Crippen molar-refractivity contribution in [3.8, 4) is 0 Å². The van der Waals surface area contributed by atoms with Gasteiger partial charge in [-0.1, -0.05) is 172 Å². The molecular formula is C45H66O. The summed E-state index contributed by atoms with van der Waals surface area (Å²) in [5.41, 5.74) is 10.9. The zero-order chi connectivity index (χ0) is 34.3. The summed E-state index contributed by atoms with van der Waals surface area (Å²) in [7, 11) is 0. The van der Waals surface area contributed by atoms with Gasteiger partial charge in [-0.3, -0.25) is 0 Å². The highest BCUT2D eigenvalue weighted by Crippen LogP contribution is 2.47. The lowest BCUT2D eigenvalue weighted by Gasteiger charge is -2.44. The summed E-state index contributed by atoms with van der Waals surface area (Å²) in [4.78, 5) is 0. The molecule has 0 fully saturated rings. The van der Waals surface area contributed by atoms with Gasteiger partial charge in [-0.2, -0.15) is 0 Å². The summed E-state index contributed by atoms with van der Waals surface area (Å²) < 4.78 is 0. The molecule has 1 N–H and O–H groups in total. The van der Waals surface area contributed by atoms with Crippen molar-refractivity contribution in [1.29, 1.82) is 0 Å². The van der Waals surface area contributed by atoms with Crippen LogP contribution in [-0.4, -0.2) is 11.2 Å². The van der Waals surface area contributed by atoms with Gasteiger partial charge < -0.3 is 5.11 Å². The van der Waals surface area contributed by atoms with Crippen LogP contribution in [0.5, 0.6) is 0 Å². The van der Waals surface area contributed by atoms with Gasteiger partial charge in [0.1, 0.15) is 0 Å². The van der Waals surface area contributed by atoms with E-state index in [-0.39, 0.29) is 16.9 Å². The van der Waals surface area contributed by atoms with Crippen LogP contribution in [0.4, 0.5) is 0 Å². The first-order valence-electron chi connectivity index (χ1n) is 17.9. The van der Waals surface area contributed by atoms with Crippen LogP contribution in [0, 0.1) is 16.7 Å². The van der Waals surface area contributed by atoms with E-state index in [9.17, 15) is 5.11 Å². The van der Waals surface area contributed by atoms with Crippen molar-refractivity contribution < 1.29 is 5.11 Å². The number of aliphatic hydroxyl groups is 1. The molecule has 2 atom stereocenters. The van der Waals surface area contributed by atoms with E-state index < -0.39 is 0 Å². The Hall–Kier alpha value is -2.90. The van der Waals surface area contributed by atoms with Crippen LogP contribution in [0.2, 0.25) is 0 Å². The van der Waals surface area contributed by atoms with E-state index in [0.717, 1.165) is 12.8 Å². The van der Waals surface area contributed by atoms with Gasteiger partial charge >= 0.3 is 0 Å². The molecule has 2 aliphatic carbocycles. The largest absolute Gasteiger partial charge is 0.392 e. The molecule has 252 valence electrons. The zero-order valence-corrected chi connectivity index (χ0v) is 31.3. The highest BCUT2D eigenvalue weighted by Gasteiger charge is 2.40. The van der Waals surface area contributed by atoms with Crippen molar-refractivity contribution in [2.24, 2.45) is 16.7 Å². The Labute approximate surface area is 284 Å². The number of rotatable bonds is 14. The predicted molar refractivity (Wildman–Crippen MR) is 206 cm³/mol. The molecule has 0 aromatic heterocycles. The van der Waals surface area contributed by atoms with Crippen molar-refractivity contribution in [3.05, 3.63) is 130 Å². The summed E-state index contributed by atoms with van der Waals surface area (Å²) in [6.07, 6.45) is 39.7. The predicted octanol–water partition coefficient (Wildman–Crippen LogP) is 13.4. The van der Waals surface area contributed by atoms with E-state index in [0.29, 0.717) is 5.92 Å². The third kappa shape index (κ3) is 12.7. The molecular weight excluding hydrogens is 556 g/mol. The Balaban J connectivity index is 1.93. The van der Waals surface area contributed by atoms with Crippen LogP contribution in [0.1, 0.15) is 128 Å². The minimum absolute atomic E-state index is 0.0212. The van der Waals surface area contributed by atoms with Gasteiger partial charge in [0, 0.05) is 0 Å². The average Bonchev–Trinajstić information content (AvgIpc) is 2.96. The van der Waals surface area contributed by atoms with Crippen LogP contribution in [0.15, 0.2) is 130 Å². The van der Waals surface area contributed by atoms with Gasteiger partial charge in [-0.05, 0) is 102 Å². The Morgan fingerprint density at radius 2 is 1.20 bits per heavy atom. The summed E-state index contributed by atoms with van der Waals surface area (Å²) in [6.45, 7) is 24.7. The van der Waals surface area contributed by atoms with Crippen LogP contribution < -0.4 is 0 Å². The monoisotopic (exact) mass is 623 g/mol. The maximum Gasteiger partial charge on any atom is 0.0613 e. The highest BCUT2D eigenvalue weighted by molar-refractivity contribution is 5.39. The van der Waals surface area contributed by atoms with Crippen molar-refractivity contribution >= 4 is 0 Å². The Bertz CT molecular complexity index is 1350. The van der Waals surface area contributed by atoms with E-state index in [1.165, 1.54) is 77.5 Å². The highest BCUT2D eigenvalue weighted by atomic mass is 16.3. The lowest BCUT2D eigenvalue weighted by atomic mass is 9.62. The van der Waals surface area contributed by atoms with E-state index >= 15 is 0 Å². The normalized spacial score (nSPS) is 23.9. The number of hydrogen-bond donors (Lipinski definition) is 1. The number of unbranched alkanes of at least 4 members (excludes halogenated alkanes) is 2. The SMILES string of the molecule is CCCCCC1C(O)CC(C)=C(/C=C/C(C)=C/C=C/C(C)=C/C=C/C=C(C)/C=C/C=C(C)/C=C/C2=C(C)CCCC2(C)C)C1(C)C. The standard InChI is InChI=1S/C45H66O/c1-12-13-14-27-42-43(46)33-39(7)41(45(42,10)11)31-29-37(5)25-18-23-35(3)21-16-15-20-34(2)22-17-24-36(4)28-30-40-38(6)26-19-32-44(40,8)9/h15-18,20-25,28-31,42-43,46H,12-14,19,26-27,32-33H2,1-11H3/b16-15+,22-17+,23-18+,30-28+,31-29+,34-20+,35-21+,36-24+,37-25+. The zero-order valence-electron chi connectivity index (χ0n) is 31.3. The molecule has 1 nitrogen and oxygen atoms in total. The second-order valence-electron chi connectivity index (χ2n) is 15.1. The molecule has 0 heterocycles. The minimum atomic E-state index is -0.233. The quantitative estimate of drug-likeness (QED) is 0.151. The summed E-state index contributed by atoms with van der Waals surface area (Å²) >= 11 is 0. The van der Waals surface area contributed by atoms with Crippen molar-refractivity contribution in [2.75, 3.05) is 0 Å². The van der Waals surface area contributed by atoms with E-state index in [1.807, 2.05) is 0 Å². The summed E-state index contributed by atoms with van der Waals surface area (Å²) in [5.74, 6) is 0.317. The van der Waals surface area contributed by atoms with Crippen molar-refractivity contribution in [1.82, 2.24) is 0 Å². The number of allylic oxidation sites excluding steroid dienone is 21. The maximum absolute atomic E-state index is 10.9. The molecule has 0 aliphatic heterocycles. The lowest BCUT2D eigenvalue weighted by molar-refractivity contribution is 0.0334. The van der Waals surface area contributed by atoms with Crippen molar-refractivity contribution in [2.45, 2.75) is 134 Å². The maximum atomic E-state index is 10.9. The van der Waals surface area contributed by atoms with Crippen LogP contribution in [0.25, 0.3) is 0 Å². The molecule has 0 amide bonds. The second kappa shape index (κ2) is 19.0. The lowest BCUT2D eigenvalue weighted by Crippen LogP contribution is -2.39.